The van der Waals surface area contributed by atoms with Gasteiger partial charge >= 0.3 is 5.97 Å². The number of nitro groups is 1. The molecule has 7 nitrogen and oxygen atoms in total. The molecule has 0 radical (unpaired) electrons. The summed E-state index contributed by atoms with van der Waals surface area (Å²) in [6, 6.07) is 5.46. The summed E-state index contributed by atoms with van der Waals surface area (Å²) in [6.07, 6.45) is 4.21. The number of ether oxygens (including phenoxy) is 3. The average Bonchev–Trinajstić information content (AvgIpc) is 3.13. The highest BCUT2D eigenvalue weighted by Crippen LogP contribution is 2.50. The zero-order valence-electron chi connectivity index (χ0n) is 20.3. The number of allylic oxidation sites excluding steroid dienone is 1. The summed E-state index contributed by atoms with van der Waals surface area (Å²) in [7, 11) is 0. The molecule has 0 amide bonds. The van der Waals surface area contributed by atoms with E-state index in [-0.39, 0.29) is 16.7 Å². The Morgan fingerprint density at radius 2 is 1.88 bits per heavy atom. The van der Waals surface area contributed by atoms with Crippen LogP contribution in [0, 0.1) is 27.4 Å². The van der Waals surface area contributed by atoms with Gasteiger partial charge in [-0.25, -0.2) is 4.79 Å². The molecule has 1 aromatic rings. The molecule has 1 spiro atoms. The van der Waals surface area contributed by atoms with Gasteiger partial charge in [0.2, 0.25) is 0 Å². The van der Waals surface area contributed by atoms with E-state index in [2.05, 4.69) is 26.5 Å². The van der Waals surface area contributed by atoms with Crippen molar-refractivity contribution < 1.29 is 23.9 Å². The van der Waals surface area contributed by atoms with Gasteiger partial charge in [0.25, 0.3) is 5.69 Å². The summed E-state index contributed by atoms with van der Waals surface area (Å²) in [4.78, 5) is 23.1. The molecule has 1 aromatic carbocycles. The summed E-state index contributed by atoms with van der Waals surface area (Å²) >= 11 is 0. The Labute approximate surface area is 195 Å². The third-order valence-electron chi connectivity index (χ3n) is 6.51. The predicted molar refractivity (Wildman–Crippen MR) is 125 cm³/mol. The summed E-state index contributed by atoms with van der Waals surface area (Å²) < 4.78 is 17.7. The van der Waals surface area contributed by atoms with Crippen molar-refractivity contribution >= 4 is 11.7 Å². The third-order valence-corrected chi connectivity index (χ3v) is 6.51. The number of esters is 1. The monoisotopic (exact) mass is 457 g/mol. The number of nitrogens with zero attached hydrogens (tertiary/aromatic N) is 1. The van der Waals surface area contributed by atoms with Crippen LogP contribution >= 0.6 is 0 Å². The van der Waals surface area contributed by atoms with Crippen molar-refractivity contribution in [2.24, 2.45) is 17.3 Å². The number of benzene rings is 1. The fourth-order valence-electron chi connectivity index (χ4n) is 4.47. The number of non-ortho nitro benzene ring substituents is 1. The molecule has 33 heavy (non-hydrogen) atoms. The van der Waals surface area contributed by atoms with E-state index in [0.29, 0.717) is 37.2 Å². The van der Waals surface area contributed by atoms with Crippen LogP contribution in [0.25, 0.3) is 0 Å². The number of hydrogen-bond donors (Lipinski definition) is 0. The molecule has 180 valence electrons. The molecule has 0 N–H and O–H groups in total. The lowest BCUT2D eigenvalue weighted by Crippen LogP contribution is -2.45. The number of nitro benzene ring substituents is 1. The Morgan fingerprint density at radius 1 is 1.24 bits per heavy atom. The fraction of sp³-hybridized carbons (Fsp3) is 0.615. The van der Waals surface area contributed by atoms with E-state index >= 15 is 0 Å². The molecule has 1 atom stereocenters. The molecule has 1 unspecified atom stereocenters. The highest BCUT2D eigenvalue weighted by molar-refractivity contribution is 5.90. The quantitative estimate of drug-likeness (QED) is 0.160. The first-order chi connectivity index (χ1) is 15.5. The van der Waals surface area contributed by atoms with E-state index in [1.807, 2.05) is 13.8 Å². The molecular formula is C26H35NO6. The molecule has 2 aliphatic rings. The third kappa shape index (κ3) is 6.32. The molecule has 3 rings (SSSR count). The smallest absolute Gasteiger partial charge is 0.343 e. The Hall–Kier alpha value is -2.47. The lowest BCUT2D eigenvalue weighted by Gasteiger charge is -2.41. The number of carbonyl (C=O) groups excluding carboxylic acids is 1. The van der Waals surface area contributed by atoms with Gasteiger partial charge in [-0.1, -0.05) is 32.9 Å². The maximum Gasteiger partial charge on any atom is 0.343 e. The minimum Gasteiger partial charge on any atom is -0.419 e. The summed E-state index contributed by atoms with van der Waals surface area (Å²) in [6.45, 7) is 11.6. The van der Waals surface area contributed by atoms with Gasteiger partial charge in [0.1, 0.15) is 5.76 Å². The molecule has 7 heteroatoms. The van der Waals surface area contributed by atoms with E-state index in [4.69, 9.17) is 14.2 Å². The van der Waals surface area contributed by atoms with Gasteiger partial charge in [0.15, 0.2) is 5.79 Å². The maximum atomic E-state index is 12.8. The van der Waals surface area contributed by atoms with Crippen molar-refractivity contribution in [3.8, 4) is 0 Å². The lowest BCUT2D eigenvalue weighted by atomic mass is 9.84. The molecule has 0 bridgehead atoms. The number of carbonyl (C=O) groups is 1. The summed E-state index contributed by atoms with van der Waals surface area (Å²) in [5, 5.41) is 10.9. The topological polar surface area (TPSA) is 87.9 Å². The fourth-order valence-corrected chi connectivity index (χ4v) is 4.47. The first kappa shape index (κ1) is 25.2. The van der Waals surface area contributed by atoms with Crippen molar-refractivity contribution in [3.05, 3.63) is 57.0 Å². The van der Waals surface area contributed by atoms with Gasteiger partial charge in [-0.15, -0.1) is 0 Å². The van der Waals surface area contributed by atoms with Crippen LogP contribution in [0.2, 0.25) is 0 Å². The van der Waals surface area contributed by atoms with E-state index < -0.39 is 16.7 Å². The largest absolute Gasteiger partial charge is 0.419 e. The van der Waals surface area contributed by atoms with Crippen LogP contribution in [0.3, 0.4) is 0 Å². The van der Waals surface area contributed by atoms with Crippen molar-refractivity contribution in [3.63, 3.8) is 0 Å². The minimum absolute atomic E-state index is 0.0634. The predicted octanol–water partition coefficient (Wildman–Crippen LogP) is 6.19. The van der Waals surface area contributed by atoms with Crippen molar-refractivity contribution in [2.75, 3.05) is 13.2 Å². The van der Waals surface area contributed by atoms with E-state index in [1.54, 1.807) is 0 Å². The van der Waals surface area contributed by atoms with Gasteiger partial charge in [-0.05, 0) is 62.7 Å². The van der Waals surface area contributed by atoms with Gasteiger partial charge in [-0.3, -0.25) is 10.1 Å². The van der Waals surface area contributed by atoms with Crippen molar-refractivity contribution in [1.29, 1.82) is 0 Å². The molecule has 1 saturated heterocycles. The number of hydrogen-bond acceptors (Lipinski definition) is 6. The first-order valence-corrected chi connectivity index (χ1v) is 11.8. The van der Waals surface area contributed by atoms with Crippen LogP contribution in [0.4, 0.5) is 5.69 Å². The Kier molecular flexibility index (Phi) is 7.78. The zero-order valence-corrected chi connectivity index (χ0v) is 20.3. The highest BCUT2D eigenvalue weighted by Gasteiger charge is 2.48. The van der Waals surface area contributed by atoms with Crippen molar-refractivity contribution in [2.45, 2.75) is 72.5 Å². The summed E-state index contributed by atoms with van der Waals surface area (Å²) in [5.74, 6) is 0.167. The average molecular weight is 458 g/mol. The first-order valence-electron chi connectivity index (χ1n) is 11.8. The molecule has 2 fully saturated rings. The Balaban J connectivity index is 1.87. The number of rotatable bonds is 7. The highest BCUT2D eigenvalue weighted by atomic mass is 16.7. The zero-order chi connectivity index (χ0) is 24.2. The van der Waals surface area contributed by atoms with E-state index in [1.165, 1.54) is 24.3 Å². The molecule has 1 aliphatic heterocycles. The van der Waals surface area contributed by atoms with Gasteiger partial charge in [0.05, 0.1) is 23.7 Å². The normalized spacial score (nSPS) is 21.2. The minimum atomic E-state index is -0.562. The van der Waals surface area contributed by atoms with E-state index in [0.717, 1.165) is 31.3 Å². The van der Waals surface area contributed by atoms with Gasteiger partial charge in [-0.2, -0.15) is 0 Å². The standard InChI is InChI=1S/C26H35NO6/c1-6-7-8-22(33-24(28)19-9-11-21(12-10-19)27(29)30)13-20-14-26(15-23(20)18(2)3)16-31-25(4,5)32-17-26/h9-12,18,23H,6-8,14-17H2,1-5H3. The number of unbranched alkanes of at least 4 members (excludes halogenated alkanes) is 1. The molecule has 0 aromatic heterocycles. The molecule has 1 heterocycles. The Bertz CT molecular complexity index is 930. The van der Waals surface area contributed by atoms with Crippen LogP contribution in [0.15, 0.2) is 41.3 Å². The molecule has 1 aliphatic carbocycles. The van der Waals surface area contributed by atoms with Crippen LogP contribution in [-0.2, 0) is 14.2 Å². The van der Waals surface area contributed by atoms with Crippen LogP contribution < -0.4 is 0 Å². The van der Waals surface area contributed by atoms with E-state index in [9.17, 15) is 14.9 Å². The second kappa shape index (κ2) is 10.2. The SMILES string of the molecule is CCCCC(=C=C1CC2(COC(C)(C)OC2)CC1C(C)C)OC(=O)c1ccc([N+](=O)[O-])cc1. The molecule has 1 saturated carbocycles. The van der Waals surface area contributed by atoms with Crippen LogP contribution in [0.1, 0.15) is 77.1 Å². The maximum absolute atomic E-state index is 12.8. The second-order valence-electron chi connectivity index (χ2n) is 10.1. The Morgan fingerprint density at radius 3 is 2.42 bits per heavy atom. The summed E-state index contributed by atoms with van der Waals surface area (Å²) in [5.41, 5.74) is 4.77. The van der Waals surface area contributed by atoms with Crippen LogP contribution in [0.5, 0.6) is 0 Å². The van der Waals surface area contributed by atoms with Gasteiger partial charge in [0, 0.05) is 24.0 Å². The van der Waals surface area contributed by atoms with Crippen LogP contribution in [-0.4, -0.2) is 29.9 Å². The van der Waals surface area contributed by atoms with Gasteiger partial charge < -0.3 is 14.2 Å². The molecular weight excluding hydrogens is 422 g/mol. The van der Waals surface area contributed by atoms with Crippen molar-refractivity contribution in [1.82, 2.24) is 0 Å². The lowest BCUT2D eigenvalue weighted by molar-refractivity contribution is -0.384. The second-order valence-corrected chi connectivity index (χ2v) is 10.1.